The van der Waals surface area contributed by atoms with Crippen LogP contribution in [-0.4, -0.2) is 29.4 Å². The second-order valence-electron chi connectivity index (χ2n) is 5.26. The number of non-ortho nitro benzene ring substituents is 1. The van der Waals surface area contributed by atoms with E-state index in [0.717, 1.165) is 0 Å². The predicted octanol–water partition coefficient (Wildman–Crippen LogP) is 1.82. The Morgan fingerprint density at radius 1 is 1.27 bits per heavy atom. The highest BCUT2D eigenvalue weighted by Gasteiger charge is 2.39. The van der Waals surface area contributed by atoms with Crippen LogP contribution in [0.5, 0.6) is 5.75 Å². The lowest BCUT2D eigenvalue weighted by Gasteiger charge is -2.26. The van der Waals surface area contributed by atoms with E-state index < -0.39 is 34.1 Å². The number of carbonyl (C=O) groups is 3. The Labute approximate surface area is 126 Å². The van der Waals surface area contributed by atoms with Crippen LogP contribution in [0.25, 0.3) is 0 Å². The molecular formula is C15H15NO6. The number of hydrogen-bond acceptors (Lipinski definition) is 6. The lowest BCUT2D eigenvalue weighted by molar-refractivity contribution is -0.385. The largest absolute Gasteiger partial charge is 0.496 e. The summed E-state index contributed by atoms with van der Waals surface area (Å²) in [6.07, 6.45) is -0.0129. The molecule has 1 aliphatic carbocycles. The van der Waals surface area contributed by atoms with E-state index in [4.69, 9.17) is 4.74 Å². The molecule has 7 heteroatoms. The molecule has 0 aliphatic heterocycles. The van der Waals surface area contributed by atoms with Crippen molar-refractivity contribution in [1.82, 2.24) is 0 Å². The van der Waals surface area contributed by atoms with Gasteiger partial charge in [-0.3, -0.25) is 24.5 Å². The first-order valence-corrected chi connectivity index (χ1v) is 6.73. The van der Waals surface area contributed by atoms with E-state index in [1.54, 1.807) is 0 Å². The molecule has 0 heterocycles. The Kier molecular flexibility index (Phi) is 4.35. The molecule has 1 saturated carbocycles. The third-order valence-corrected chi connectivity index (χ3v) is 3.81. The van der Waals surface area contributed by atoms with Crippen molar-refractivity contribution in [1.29, 1.82) is 0 Å². The SMILES string of the molecule is COc1ccc([N+](=O)[O-])cc1C1CC(=O)C(C(C)=O)C(=O)C1. The number of ketones is 3. The molecule has 0 N–H and O–H groups in total. The topological polar surface area (TPSA) is 104 Å². The standard InChI is InChI=1S/C15H15NO6/c1-8(17)15-12(18)5-9(6-13(15)19)11-7-10(16(20)21)3-4-14(11)22-2/h3-4,7,9,15H,5-6H2,1-2H3. The summed E-state index contributed by atoms with van der Waals surface area (Å²) < 4.78 is 5.17. The molecule has 22 heavy (non-hydrogen) atoms. The van der Waals surface area contributed by atoms with Gasteiger partial charge in [0.2, 0.25) is 0 Å². The van der Waals surface area contributed by atoms with Gasteiger partial charge in [-0.2, -0.15) is 0 Å². The van der Waals surface area contributed by atoms with Gasteiger partial charge in [0.1, 0.15) is 17.5 Å². The van der Waals surface area contributed by atoms with Crippen molar-refractivity contribution in [3.05, 3.63) is 33.9 Å². The molecule has 0 aromatic heterocycles. The second-order valence-corrected chi connectivity index (χ2v) is 5.26. The Morgan fingerprint density at radius 2 is 1.86 bits per heavy atom. The number of methoxy groups -OCH3 is 1. The quantitative estimate of drug-likeness (QED) is 0.477. The molecule has 0 saturated heterocycles. The van der Waals surface area contributed by atoms with E-state index in [2.05, 4.69) is 0 Å². The summed E-state index contributed by atoms with van der Waals surface area (Å²) in [6.45, 7) is 1.22. The van der Waals surface area contributed by atoms with Gasteiger partial charge in [-0.25, -0.2) is 0 Å². The first-order chi connectivity index (χ1) is 10.3. The minimum atomic E-state index is -1.19. The van der Waals surface area contributed by atoms with E-state index in [1.165, 1.54) is 32.2 Å². The molecule has 0 amide bonds. The third-order valence-electron chi connectivity index (χ3n) is 3.81. The molecule has 0 spiro atoms. The Morgan fingerprint density at radius 3 is 2.32 bits per heavy atom. The van der Waals surface area contributed by atoms with E-state index in [1.807, 2.05) is 0 Å². The van der Waals surface area contributed by atoms with Crippen LogP contribution in [0.4, 0.5) is 5.69 Å². The lowest BCUT2D eigenvalue weighted by Crippen LogP contribution is -2.37. The summed E-state index contributed by atoms with van der Waals surface area (Å²) in [5, 5.41) is 10.9. The van der Waals surface area contributed by atoms with Crippen LogP contribution in [0.15, 0.2) is 18.2 Å². The Hall–Kier alpha value is -2.57. The number of ether oxygens (including phenoxy) is 1. The Balaban J connectivity index is 2.38. The highest BCUT2D eigenvalue weighted by atomic mass is 16.6. The number of hydrogen-bond donors (Lipinski definition) is 0. The number of nitrogens with zero attached hydrogens (tertiary/aromatic N) is 1. The first kappa shape index (κ1) is 15.8. The van der Waals surface area contributed by atoms with Crippen molar-refractivity contribution >= 4 is 23.0 Å². The molecule has 7 nitrogen and oxygen atoms in total. The second kappa shape index (κ2) is 6.05. The van der Waals surface area contributed by atoms with Gasteiger partial charge in [0.25, 0.3) is 5.69 Å². The van der Waals surface area contributed by atoms with E-state index >= 15 is 0 Å². The molecule has 0 atom stereocenters. The molecule has 1 aliphatic rings. The normalized spacial score (nSPS) is 21.5. The number of rotatable bonds is 4. The van der Waals surface area contributed by atoms with Crippen molar-refractivity contribution in [2.75, 3.05) is 7.11 Å². The van der Waals surface area contributed by atoms with Crippen molar-refractivity contribution in [3.63, 3.8) is 0 Å². The summed E-state index contributed by atoms with van der Waals surface area (Å²) >= 11 is 0. The molecule has 116 valence electrons. The number of nitro groups is 1. The highest BCUT2D eigenvalue weighted by molar-refractivity contribution is 6.20. The average molecular weight is 305 g/mol. The van der Waals surface area contributed by atoms with E-state index in [-0.39, 0.29) is 18.5 Å². The molecule has 0 bridgehead atoms. The molecule has 1 fully saturated rings. The third kappa shape index (κ3) is 2.88. The van der Waals surface area contributed by atoms with Crippen LogP contribution >= 0.6 is 0 Å². The number of carbonyl (C=O) groups excluding carboxylic acids is 3. The fraction of sp³-hybridized carbons (Fsp3) is 0.400. The minimum Gasteiger partial charge on any atom is -0.496 e. The predicted molar refractivity (Wildman–Crippen MR) is 75.8 cm³/mol. The van der Waals surface area contributed by atoms with E-state index in [9.17, 15) is 24.5 Å². The first-order valence-electron chi connectivity index (χ1n) is 6.73. The summed E-state index contributed by atoms with van der Waals surface area (Å²) in [5.41, 5.74) is 0.310. The maximum atomic E-state index is 12.0. The average Bonchev–Trinajstić information content (AvgIpc) is 2.45. The van der Waals surface area contributed by atoms with Crippen molar-refractivity contribution in [3.8, 4) is 5.75 Å². The van der Waals surface area contributed by atoms with Gasteiger partial charge in [0.15, 0.2) is 11.6 Å². The highest BCUT2D eigenvalue weighted by Crippen LogP contribution is 2.38. The van der Waals surface area contributed by atoms with Crippen LogP contribution in [0.2, 0.25) is 0 Å². The number of nitro benzene ring substituents is 1. The fourth-order valence-corrected chi connectivity index (χ4v) is 2.80. The fourth-order valence-electron chi connectivity index (χ4n) is 2.80. The van der Waals surface area contributed by atoms with Crippen molar-refractivity contribution in [2.24, 2.45) is 5.92 Å². The Bertz CT molecular complexity index is 648. The van der Waals surface area contributed by atoms with Crippen LogP contribution < -0.4 is 4.74 Å². The summed E-state index contributed by atoms with van der Waals surface area (Å²) in [6, 6.07) is 4.06. The van der Waals surface area contributed by atoms with E-state index in [0.29, 0.717) is 11.3 Å². The molecule has 1 aromatic carbocycles. The molecular weight excluding hydrogens is 290 g/mol. The van der Waals surface area contributed by atoms with Gasteiger partial charge in [-0.15, -0.1) is 0 Å². The van der Waals surface area contributed by atoms with Gasteiger partial charge < -0.3 is 4.74 Å². The number of benzene rings is 1. The van der Waals surface area contributed by atoms with Crippen molar-refractivity contribution < 1.29 is 24.0 Å². The smallest absolute Gasteiger partial charge is 0.269 e. The van der Waals surface area contributed by atoms with Crippen LogP contribution in [0.3, 0.4) is 0 Å². The van der Waals surface area contributed by atoms with Crippen LogP contribution in [0.1, 0.15) is 31.2 Å². The van der Waals surface area contributed by atoms with Gasteiger partial charge in [0, 0.05) is 36.5 Å². The molecule has 0 unspecified atom stereocenters. The maximum absolute atomic E-state index is 12.0. The summed E-state index contributed by atoms with van der Waals surface area (Å²) in [5.74, 6) is -2.66. The zero-order chi connectivity index (χ0) is 16.4. The van der Waals surface area contributed by atoms with Crippen LogP contribution in [0, 0.1) is 16.0 Å². The van der Waals surface area contributed by atoms with Crippen LogP contribution in [-0.2, 0) is 14.4 Å². The van der Waals surface area contributed by atoms with Gasteiger partial charge in [-0.05, 0) is 13.0 Å². The number of Topliss-reactive ketones (excluding diaryl/α,β-unsaturated/α-hetero) is 3. The summed E-state index contributed by atoms with van der Waals surface area (Å²) in [7, 11) is 1.41. The lowest BCUT2D eigenvalue weighted by atomic mass is 9.75. The maximum Gasteiger partial charge on any atom is 0.269 e. The molecule has 2 rings (SSSR count). The van der Waals surface area contributed by atoms with Gasteiger partial charge >= 0.3 is 0 Å². The van der Waals surface area contributed by atoms with Gasteiger partial charge in [0.05, 0.1) is 12.0 Å². The molecule has 1 aromatic rings. The molecule has 0 radical (unpaired) electrons. The zero-order valence-corrected chi connectivity index (χ0v) is 12.2. The zero-order valence-electron chi connectivity index (χ0n) is 12.2. The monoisotopic (exact) mass is 305 g/mol. The minimum absolute atomic E-state index is 0.00643. The van der Waals surface area contributed by atoms with Crippen molar-refractivity contribution in [2.45, 2.75) is 25.7 Å². The summed E-state index contributed by atoms with van der Waals surface area (Å²) in [4.78, 5) is 45.8. The van der Waals surface area contributed by atoms with Gasteiger partial charge in [-0.1, -0.05) is 0 Å².